The SMILES string of the molecule is Cc1nc(C)c2nc(-c3cncc(F)c3)n(CC3C=NN(CCN(C)C)C3)c2n1. The molecule has 1 atom stereocenters. The minimum Gasteiger partial charge on any atom is -0.308 e. The van der Waals surface area contributed by atoms with E-state index >= 15 is 0 Å². The maximum absolute atomic E-state index is 13.8. The molecule has 0 saturated heterocycles. The van der Waals surface area contributed by atoms with Crippen LogP contribution in [0.3, 0.4) is 0 Å². The number of hydrogen-bond acceptors (Lipinski definition) is 7. The summed E-state index contributed by atoms with van der Waals surface area (Å²) in [5.41, 5.74) is 2.92. The fourth-order valence-corrected chi connectivity index (χ4v) is 3.56. The van der Waals surface area contributed by atoms with Crippen molar-refractivity contribution in [1.29, 1.82) is 0 Å². The highest BCUT2D eigenvalue weighted by Crippen LogP contribution is 2.27. The zero-order chi connectivity index (χ0) is 20.5. The summed E-state index contributed by atoms with van der Waals surface area (Å²) in [6, 6.07) is 1.45. The molecular formula is C20H25FN8. The zero-order valence-electron chi connectivity index (χ0n) is 17.2. The van der Waals surface area contributed by atoms with E-state index in [1.54, 1.807) is 6.20 Å². The number of aromatic nitrogens is 5. The van der Waals surface area contributed by atoms with Crippen molar-refractivity contribution < 1.29 is 4.39 Å². The van der Waals surface area contributed by atoms with E-state index in [1.165, 1.54) is 12.3 Å². The number of nitrogens with zero attached hydrogens (tertiary/aromatic N) is 8. The van der Waals surface area contributed by atoms with Crippen molar-refractivity contribution in [2.24, 2.45) is 11.0 Å². The van der Waals surface area contributed by atoms with Gasteiger partial charge in [0.05, 0.1) is 11.9 Å². The molecule has 0 bridgehead atoms. The van der Waals surface area contributed by atoms with Crippen LogP contribution in [0.5, 0.6) is 0 Å². The molecule has 3 aromatic heterocycles. The molecule has 3 aromatic rings. The molecule has 29 heavy (non-hydrogen) atoms. The van der Waals surface area contributed by atoms with E-state index in [9.17, 15) is 4.39 Å². The van der Waals surface area contributed by atoms with Gasteiger partial charge in [-0.25, -0.2) is 19.3 Å². The summed E-state index contributed by atoms with van der Waals surface area (Å²) in [6.07, 6.45) is 4.80. The maximum atomic E-state index is 13.8. The second-order valence-electron chi connectivity index (χ2n) is 7.71. The Kier molecular flexibility index (Phi) is 5.23. The summed E-state index contributed by atoms with van der Waals surface area (Å²) in [6.45, 7) is 7.10. The van der Waals surface area contributed by atoms with Gasteiger partial charge in [-0.05, 0) is 34.0 Å². The van der Waals surface area contributed by atoms with Gasteiger partial charge in [0.1, 0.15) is 23.0 Å². The monoisotopic (exact) mass is 396 g/mol. The summed E-state index contributed by atoms with van der Waals surface area (Å²) < 4.78 is 15.9. The molecule has 1 aliphatic heterocycles. The lowest BCUT2D eigenvalue weighted by Gasteiger charge is -2.19. The van der Waals surface area contributed by atoms with E-state index in [1.807, 2.05) is 24.6 Å². The zero-order valence-corrected chi connectivity index (χ0v) is 17.2. The molecule has 8 nitrogen and oxygen atoms in total. The second kappa shape index (κ2) is 7.82. The number of aryl methyl sites for hydroxylation is 2. The molecule has 0 aromatic carbocycles. The van der Waals surface area contributed by atoms with Crippen molar-refractivity contribution in [2.45, 2.75) is 20.4 Å². The first-order chi connectivity index (χ1) is 13.9. The Morgan fingerprint density at radius 1 is 1.17 bits per heavy atom. The largest absolute Gasteiger partial charge is 0.308 e. The molecule has 1 aliphatic rings. The molecule has 1 unspecified atom stereocenters. The van der Waals surface area contributed by atoms with E-state index in [2.05, 4.69) is 44.1 Å². The third kappa shape index (κ3) is 4.09. The number of imidazole rings is 1. The van der Waals surface area contributed by atoms with Crippen LogP contribution in [0, 0.1) is 25.6 Å². The van der Waals surface area contributed by atoms with Gasteiger partial charge in [0.15, 0.2) is 5.65 Å². The summed E-state index contributed by atoms with van der Waals surface area (Å²) in [7, 11) is 4.11. The lowest BCUT2D eigenvalue weighted by atomic mass is 10.1. The average molecular weight is 396 g/mol. The Balaban J connectivity index is 1.69. The molecule has 0 fully saturated rings. The first-order valence-electron chi connectivity index (χ1n) is 9.67. The highest BCUT2D eigenvalue weighted by atomic mass is 19.1. The van der Waals surface area contributed by atoms with Crippen molar-refractivity contribution in [2.75, 3.05) is 33.7 Å². The van der Waals surface area contributed by atoms with Crippen LogP contribution >= 0.6 is 0 Å². The molecule has 0 spiro atoms. The highest BCUT2D eigenvalue weighted by Gasteiger charge is 2.23. The quantitative estimate of drug-likeness (QED) is 0.635. The number of fused-ring (bicyclic) bond motifs is 1. The van der Waals surface area contributed by atoms with Crippen molar-refractivity contribution in [3.63, 3.8) is 0 Å². The average Bonchev–Trinajstić information content (AvgIpc) is 3.26. The van der Waals surface area contributed by atoms with E-state index in [0.29, 0.717) is 23.8 Å². The van der Waals surface area contributed by atoms with Gasteiger partial charge in [0.2, 0.25) is 0 Å². The molecule has 0 N–H and O–H groups in total. The normalized spacial score (nSPS) is 16.5. The van der Waals surface area contributed by atoms with Crippen LogP contribution in [0.25, 0.3) is 22.6 Å². The van der Waals surface area contributed by atoms with Crippen LogP contribution in [-0.2, 0) is 6.54 Å². The van der Waals surface area contributed by atoms with Crippen LogP contribution in [0.4, 0.5) is 4.39 Å². The fraction of sp³-hybridized carbons (Fsp3) is 0.450. The molecular weight excluding hydrogens is 371 g/mol. The summed E-state index contributed by atoms with van der Waals surface area (Å²) in [4.78, 5) is 20.0. The molecule has 4 heterocycles. The van der Waals surface area contributed by atoms with Crippen LogP contribution < -0.4 is 0 Å². The Hall–Kier alpha value is -2.94. The fourth-order valence-electron chi connectivity index (χ4n) is 3.56. The Bertz CT molecular complexity index is 1060. The Labute approximate surface area is 169 Å². The van der Waals surface area contributed by atoms with Crippen molar-refractivity contribution in [1.82, 2.24) is 34.4 Å². The third-order valence-electron chi connectivity index (χ3n) is 4.95. The number of halogens is 1. The minimum atomic E-state index is -0.391. The molecule has 0 radical (unpaired) electrons. The number of rotatable bonds is 6. The van der Waals surface area contributed by atoms with Gasteiger partial charge in [-0.15, -0.1) is 0 Å². The summed E-state index contributed by atoms with van der Waals surface area (Å²) in [5.74, 6) is 1.16. The van der Waals surface area contributed by atoms with Gasteiger partial charge >= 0.3 is 0 Å². The van der Waals surface area contributed by atoms with E-state index in [-0.39, 0.29) is 5.92 Å². The predicted molar refractivity (Wildman–Crippen MR) is 110 cm³/mol. The number of pyridine rings is 1. The lowest BCUT2D eigenvalue weighted by Crippen LogP contribution is -2.29. The van der Waals surface area contributed by atoms with Crippen LogP contribution in [0.1, 0.15) is 11.5 Å². The van der Waals surface area contributed by atoms with E-state index in [4.69, 9.17) is 4.98 Å². The summed E-state index contributed by atoms with van der Waals surface area (Å²) >= 11 is 0. The highest BCUT2D eigenvalue weighted by molar-refractivity contribution is 5.79. The first-order valence-corrected chi connectivity index (χ1v) is 9.67. The molecule has 4 rings (SSSR count). The van der Waals surface area contributed by atoms with Crippen molar-refractivity contribution in [3.8, 4) is 11.4 Å². The maximum Gasteiger partial charge on any atom is 0.164 e. The standard InChI is InChI=1S/C20H25FN8/c1-13-18-20(25-14(2)24-13)29(19(26-18)16-7-17(21)10-22-9-16)12-15-8-23-28(11-15)6-5-27(3)4/h7-10,15H,5-6,11-12H2,1-4H3. The lowest BCUT2D eigenvalue weighted by molar-refractivity contribution is 0.252. The molecule has 0 saturated carbocycles. The Morgan fingerprint density at radius 2 is 2.00 bits per heavy atom. The van der Waals surface area contributed by atoms with Crippen molar-refractivity contribution >= 4 is 17.4 Å². The van der Waals surface area contributed by atoms with E-state index < -0.39 is 5.82 Å². The minimum absolute atomic E-state index is 0.213. The number of hydrogen-bond donors (Lipinski definition) is 0. The smallest absolute Gasteiger partial charge is 0.164 e. The number of likely N-dealkylation sites (N-methyl/N-ethyl adjacent to an activating group) is 1. The van der Waals surface area contributed by atoms with Crippen LogP contribution in [-0.4, -0.2) is 74.4 Å². The number of hydrazone groups is 1. The molecule has 152 valence electrons. The van der Waals surface area contributed by atoms with Crippen LogP contribution in [0.2, 0.25) is 0 Å². The van der Waals surface area contributed by atoms with Gasteiger partial charge in [-0.1, -0.05) is 0 Å². The molecule has 0 amide bonds. The molecule has 9 heteroatoms. The second-order valence-corrected chi connectivity index (χ2v) is 7.71. The predicted octanol–water partition coefficient (Wildman–Crippen LogP) is 2.12. The van der Waals surface area contributed by atoms with Gasteiger partial charge in [0, 0.05) is 50.1 Å². The van der Waals surface area contributed by atoms with Crippen LogP contribution in [0.15, 0.2) is 23.6 Å². The van der Waals surface area contributed by atoms with Gasteiger partial charge in [-0.2, -0.15) is 5.10 Å². The Morgan fingerprint density at radius 3 is 2.76 bits per heavy atom. The third-order valence-corrected chi connectivity index (χ3v) is 4.95. The first kappa shape index (κ1) is 19.4. The van der Waals surface area contributed by atoms with Gasteiger partial charge in [0.25, 0.3) is 0 Å². The van der Waals surface area contributed by atoms with Gasteiger partial charge in [-0.3, -0.25) is 9.99 Å². The van der Waals surface area contributed by atoms with Gasteiger partial charge < -0.3 is 9.47 Å². The summed E-state index contributed by atoms with van der Waals surface area (Å²) in [5, 5.41) is 6.63. The topological polar surface area (TPSA) is 75.3 Å². The molecule has 0 aliphatic carbocycles. The van der Waals surface area contributed by atoms with Crippen molar-refractivity contribution in [3.05, 3.63) is 35.8 Å². The van der Waals surface area contributed by atoms with E-state index in [0.717, 1.165) is 36.5 Å².